The maximum atomic E-state index is 11.6. The minimum absolute atomic E-state index is 0.178. The summed E-state index contributed by atoms with van der Waals surface area (Å²) in [4.78, 5) is 11.6. The van der Waals surface area contributed by atoms with Crippen LogP contribution in [-0.2, 0) is 9.53 Å². The van der Waals surface area contributed by atoms with Crippen LogP contribution >= 0.6 is 0 Å². The van der Waals surface area contributed by atoms with Gasteiger partial charge in [0, 0.05) is 18.6 Å². The van der Waals surface area contributed by atoms with Gasteiger partial charge in [-0.15, -0.1) is 0 Å². The van der Waals surface area contributed by atoms with Crippen LogP contribution in [0.25, 0.3) is 0 Å². The highest BCUT2D eigenvalue weighted by Crippen LogP contribution is 2.16. The van der Waals surface area contributed by atoms with E-state index in [-0.39, 0.29) is 11.7 Å². The molecule has 0 amide bonds. The number of Topliss-reactive ketones (excluding diaryl/α,β-unsaturated/α-hetero) is 1. The summed E-state index contributed by atoms with van der Waals surface area (Å²) in [6, 6.07) is 0.331. The SMILES string of the molecule is CCCOCC(=O)C1CCNC1C. The first-order valence-electron chi connectivity index (χ1n) is 5.09. The molecule has 1 aliphatic heterocycles. The fourth-order valence-corrected chi connectivity index (χ4v) is 1.72. The van der Waals surface area contributed by atoms with E-state index in [1.54, 1.807) is 0 Å². The number of ether oxygens (including phenoxy) is 1. The molecule has 13 heavy (non-hydrogen) atoms. The van der Waals surface area contributed by atoms with E-state index in [2.05, 4.69) is 12.2 Å². The van der Waals surface area contributed by atoms with Crippen molar-refractivity contribution in [3.8, 4) is 0 Å². The van der Waals surface area contributed by atoms with Crippen LogP contribution in [0.15, 0.2) is 0 Å². The van der Waals surface area contributed by atoms with Crippen LogP contribution in [0, 0.1) is 5.92 Å². The Kier molecular flexibility index (Phi) is 4.39. The number of rotatable bonds is 5. The van der Waals surface area contributed by atoms with Crippen LogP contribution in [0.3, 0.4) is 0 Å². The van der Waals surface area contributed by atoms with Crippen molar-refractivity contribution < 1.29 is 9.53 Å². The average Bonchev–Trinajstić information content (AvgIpc) is 2.52. The van der Waals surface area contributed by atoms with E-state index in [1.165, 1.54) is 0 Å². The van der Waals surface area contributed by atoms with Gasteiger partial charge in [-0.25, -0.2) is 0 Å². The topological polar surface area (TPSA) is 38.3 Å². The standard InChI is InChI=1S/C10H19NO2/c1-3-6-13-7-10(12)9-4-5-11-8(9)2/h8-9,11H,3-7H2,1-2H3. The Morgan fingerprint density at radius 3 is 2.92 bits per heavy atom. The molecule has 2 atom stereocenters. The van der Waals surface area contributed by atoms with E-state index in [0.29, 0.717) is 19.3 Å². The maximum Gasteiger partial charge on any atom is 0.163 e. The van der Waals surface area contributed by atoms with Crippen molar-refractivity contribution in [2.45, 2.75) is 32.7 Å². The fourth-order valence-electron chi connectivity index (χ4n) is 1.72. The van der Waals surface area contributed by atoms with Gasteiger partial charge in [-0.2, -0.15) is 0 Å². The highest BCUT2D eigenvalue weighted by atomic mass is 16.5. The van der Waals surface area contributed by atoms with Gasteiger partial charge in [0.25, 0.3) is 0 Å². The first-order valence-corrected chi connectivity index (χ1v) is 5.09. The molecule has 1 N–H and O–H groups in total. The first kappa shape index (κ1) is 10.7. The normalized spacial score (nSPS) is 27.8. The molecule has 0 spiro atoms. The molecule has 76 valence electrons. The Morgan fingerprint density at radius 2 is 2.38 bits per heavy atom. The lowest BCUT2D eigenvalue weighted by molar-refractivity contribution is -0.127. The van der Waals surface area contributed by atoms with E-state index < -0.39 is 0 Å². The monoisotopic (exact) mass is 185 g/mol. The lowest BCUT2D eigenvalue weighted by Gasteiger charge is -2.13. The van der Waals surface area contributed by atoms with E-state index in [9.17, 15) is 4.79 Å². The van der Waals surface area contributed by atoms with E-state index in [4.69, 9.17) is 4.74 Å². The number of hydrogen-bond acceptors (Lipinski definition) is 3. The number of ketones is 1. The summed E-state index contributed by atoms with van der Waals surface area (Å²) in [7, 11) is 0. The van der Waals surface area contributed by atoms with Crippen molar-refractivity contribution in [2.75, 3.05) is 19.8 Å². The molecule has 1 fully saturated rings. The van der Waals surface area contributed by atoms with Gasteiger partial charge in [-0.1, -0.05) is 6.92 Å². The number of nitrogens with one attached hydrogen (secondary N) is 1. The average molecular weight is 185 g/mol. The van der Waals surface area contributed by atoms with Gasteiger partial charge < -0.3 is 10.1 Å². The fraction of sp³-hybridized carbons (Fsp3) is 0.900. The van der Waals surface area contributed by atoms with Gasteiger partial charge >= 0.3 is 0 Å². The van der Waals surface area contributed by atoms with Gasteiger partial charge in [0.15, 0.2) is 5.78 Å². The molecular weight excluding hydrogens is 166 g/mol. The third-order valence-electron chi connectivity index (χ3n) is 2.53. The van der Waals surface area contributed by atoms with Crippen molar-refractivity contribution in [1.82, 2.24) is 5.32 Å². The van der Waals surface area contributed by atoms with Crippen molar-refractivity contribution in [3.05, 3.63) is 0 Å². The van der Waals surface area contributed by atoms with Crippen LogP contribution in [0.2, 0.25) is 0 Å². The van der Waals surface area contributed by atoms with Crippen LogP contribution in [0.4, 0.5) is 0 Å². The van der Waals surface area contributed by atoms with Gasteiger partial charge in [-0.05, 0) is 26.3 Å². The smallest absolute Gasteiger partial charge is 0.163 e. The second kappa shape index (κ2) is 5.35. The van der Waals surface area contributed by atoms with Crippen LogP contribution in [-0.4, -0.2) is 31.6 Å². The highest BCUT2D eigenvalue weighted by molar-refractivity contribution is 5.83. The van der Waals surface area contributed by atoms with Gasteiger partial charge in [0.2, 0.25) is 0 Å². The largest absolute Gasteiger partial charge is 0.374 e. The number of carbonyl (C=O) groups excluding carboxylic acids is 1. The molecule has 2 unspecified atom stereocenters. The summed E-state index contributed by atoms with van der Waals surface area (Å²) in [6.07, 6.45) is 1.95. The third-order valence-corrected chi connectivity index (χ3v) is 2.53. The number of carbonyl (C=O) groups is 1. The van der Waals surface area contributed by atoms with Gasteiger partial charge in [0.05, 0.1) is 0 Å². The zero-order valence-corrected chi connectivity index (χ0v) is 8.51. The summed E-state index contributed by atoms with van der Waals surface area (Å²) in [5.41, 5.74) is 0. The Hall–Kier alpha value is -0.410. The second-order valence-electron chi connectivity index (χ2n) is 3.66. The summed E-state index contributed by atoms with van der Waals surface area (Å²) >= 11 is 0. The summed E-state index contributed by atoms with van der Waals surface area (Å²) in [5.74, 6) is 0.433. The van der Waals surface area contributed by atoms with E-state index in [1.807, 2.05) is 6.92 Å². The van der Waals surface area contributed by atoms with E-state index in [0.717, 1.165) is 19.4 Å². The zero-order chi connectivity index (χ0) is 9.68. The Bertz CT molecular complexity index is 170. The van der Waals surface area contributed by atoms with Crippen molar-refractivity contribution in [2.24, 2.45) is 5.92 Å². The molecule has 1 saturated heterocycles. The Balaban J connectivity index is 2.22. The predicted octanol–water partition coefficient (Wildman–Crippen LogP) is 0.980. The molecule has 0 aromatic rings. The highest BCUT2D eigenvalue weighted by Gasteiger charge is 2.28. The van der Waals surface area contributed by atoms with Gasteiger partial charge in [0.1, 0.15) is 6.61 Å². The molecule has 1 aliphatic rings. The quantitative estimate of drug-likeness (QED) is 0.649. The molecule has 0 radical (unpaired) electrons. The lowest BCUT2D eigenvalue weighted by atomic mass is 9.97. The molecule has 1 heterocycles. The van der Waals surface area contributed by atoms with Crippen molar-refractivity contribution >= 4 is 5.78 Å². The Labute approximate surface area is 79.8 Å². The molecular formula is C10H19NO2. The molecule has 0 aliphatic carbocycles. The Morgan fingerprint density at radius 1 is 1.62 bits per heavy atom. The first-order chi connectivity index (χ1) is 6.25. The summed E-state index contributed by atoms with van der Waals surface area (Å²) in [6.45, 7) is 6.07. The molecule has 3 nitrogen and oxygen atoms in total. The minimum Gasteiger partial charge on any atom is -0.374 e. The molecule has 0 saturated carbocycles. The van der Waals surface area contributed by atoms with Gasteiger partial charge in [-0.3, -0.25) is 4.79 Å². The second-order valence-corrected chi connectivity index (χ2v) is 3.66. The maximum absolute atomic E-state index is 11.6. The molecule has 3 heteroatoms. The van der Waals surface area contributed by atoms with Crippen molar-refractivity contribution in [3.63, 3.8) is 0 Å². The van der Waals surface area contributed by atoms with Crippen molar-refractivity contribution in [1.29, 1.82) is 0 Å². The molecule has 0 bridgehead atoms. The minimum atomic E-state index is 0.178. The summed E-state index contributed by atoms with van der Waals surface area (Å²) < 4.78 is 5.23. The van der Waals surface area contributed by atoms with Crippen LogP contribution < -0.4 is 5.32 Å². The summed E-state index contributed by atoms with van der Waals surface area (Å²) in [5, 5.41) is 3.26. The molecule has 0 aromatic carbocycles. The van der Waals surface area contributed by atoms with Crippen LogP contribution in [0.5, 0.6) is 0 Å². The lowest BCUT2D eigenvalue weighted by Crippen LogP contribution is -2.30. The zero-order valence-electron chi connectivity index (χ0n) is 8.51. The number of hydrogen-bond donors (Lipinski definition) is 1. The van der Waals surface area contributed by atoms with E-state index >= 15 is 0 Å². The molecule has 0 aromatic heterocycles. The van der Waals surface area contributed by atoms with Crippen LogP contribution in [0.1, 0.15) is 26.7 Å². The predicted molar refractivity (Wildman–Crippen MR) is 51.7 cm³/mol. The third kappa shape index (κ3) is 3.08. The molecule has 1 rings (SSSR count).